The summed E-state index contributed by atoms with van der Waals surface area (Å²) in [7, 11) is 0. The molecule has 0 aliphatic carbocycles. The SMILES string of the molecule is Cc1cc(O)c(C)c(C)c1C(N)CCC(=O)O. The fraction of sp³-hybridized carbons (Fsp3) is 0.462. The number of hydrogen-bond donors (Lipinski definition) is 3. The van der Waals surface area contributed by atoms with Crippen molar-refractivity contribution in [2.75, 3.05) is 0 Å². The molecule has 0 saturated carbocycles. The standard InChI is InChI=1S/C13H19NO3/c1-7-6-11(15)8(2)9(3)13(7)10(14)4-5-12(16)17/h6,10,15H,4-5,14H2,1-3H3,(H,16,17). The molecule has 0 saturated heterocycles. The number of aliphatic carboxylic acids is 1. The topological polar surface area (TPSA) is 83.5 Å². The van der Waals surface area contributed by atoms with Gasteiger partial charge in [0.05, 0.1) is 0 Å². The highest BCUT2D eigenvalue weighted by Gasteiger charge is 2.16. The van der Waals surface area contributed by atoms with E-state index in [1.54, 1.807) is 6.07 Å². The minimum atomic E-state index is -0.841. The van der Waals surface area contributed by atoms with Crippen molar-refractivity contribution >= 4 is 5.97 Å². The van der Waals surface area contributed by atoms with Crippen LogP contribution in [0.1, 0.15) is 41.1 Å². The smallest absolute Gasteiger partial charge is 0.303 e. The maximum atomic E-state index is 10.5. The third-order valence-electron chi connectivity index (χ3n) is 3.17. The molecule has 0 aliphatic heterocycles. The molecule has 1 unspecified atom stereocenters. The molecule has 0 heterocycles. The third-order valence-corrected chi connectivity index (χ3v) is 3.17. The van der Waals surface area contributed by atoms with Gasteiger partial charge in [0.15, 0.2) is 0 Å². The number of carboxylic acids is 1. The Balaban J connectivity index is 3.05. The first-order valence-corrected chi connectivity index (χ1v) is 5.61. The van der Waals surface area contributed by atoms with E-state index in [-0.39, 0.29) is 18.2 Å². The largest absolute Gasteiger partial charge is 0.508 e. The van der Waals surface area contributed by atoms with Crippen LogP contribution in [0.3, 0.4) is 0 Å². The van der Waals surface area contributed by atoms with E-state index >= 15 is 0 Å². The lowest BCUT2D eigenvalue weighted by Crippen LogP contribution is -2.15. The van der Waals surface area contributed by atoms with Crippen molar-refractivity contribution in [2.24, 2.45) is 5.73 Å². The first-order valence-electron chi connectivity index (χ1n) is 5.61. The summed E-state index contributed by atoms with van der Waals surface area (Å²) in [6.45, 7) is 5.61. The van der Waals surface area contributed by atoms with Gasteiger partial charge in [0, 0.05) is 12.5 Å². The zero-order valence-electron chi connectivity index (χ0n) is 10.4. The second kappa shape index (κ2) is 5.19. The van der Waals surface area contributed by atoms with Crippen LogP contribution in [0.4, 0.5) is 0 Å². The lowest BCUT2D eigenvalue weighted by atomic mass is 9.90. The summed E-state index contributed by atoms with van der Waals surface area (Å²) < 4.78 is 0. The average molecular weight is 237 g/mol. The Bertz CT molecular complexity index is 441. The number of aryl methyl sites for hydroxylation is 1. The molecule has 4 nitrogen and oxygen atoms in total. The fourth-order valence-corrected chi connectivity index (χ4v) is 2.07. The van der Waals surface area contributed by atoms with Gasteiger partial charge in [0.2, 0.25) is 0 Å². The molecule has 0 bridgehead atoms. The summed E-state index contributed by atoms with van der Waals surface area (Å²) in [5.74, 6) is -0.583. The number of nitrogens with two attached hydrogens (primary N) is 1. The van der Waals surface area contributed by atoms with Crippen LogP contribution in [-0.4, -0.2) is 16.2 Å². The lowest BCUT2D eigenvalue weighted by molar-refractivity contribution is -0.137. The molecule has 0 aromatic heterocycles. The predicted octanol–water partition coefficient (Wildman–Crippen LogP) is 2.18. The van der Waals surface area contributed by atoms with Crippen molar-refractivity contribution in [2.45, 2.75) is 39.7 Å². The number of carboxylic acid groups (broad SMARTS) is 1. The van der Waals surface area contributed by atoms with Crippen LogP contribution in [0, 0.1) is 20.8 Å². The zero-order valence-corrected chi connectivity index (χ0v) is 10.4. The maximum absolute atomic E-state index is 10.5. The fourth-order valence-electron chi connectivity index (χ4n) is 2.07. The molecule has 0 fully saturated rings. The number of phenolic OH excluding ortho intramolecular Hbond substituents is 1. The molecular weight excluding hydrogens is 218 g/mol. The average Bonchev–Trinajstić information content (AvgIpc) is 2.23. The molecule has 0 amide bonds. The van der Waals surface area contributed by atoms with Crippen molar-refractivity contribution in [3.05, 3.63) is 28.3 Å². The summed E-state index contributed by atoms with van der Waals surface area (Å²) in [4.78, 5) is 10.5. The van der Waals surface area contributed by atoms with E-state index in [4.69, 9.17) is 10.8 Å². The van der Waals surface area contributed by atoms with Crippen LogP contribution in [0.25, 0.3) is 0 Å². The summed E-state index contributed by atoms with van der Waals surface area (Å²) in [5.41, 5.74) is 9.62. The van der Waals surface area contributed by atoms with Gasteiger partial charge in [0.25, 0.3) is 0 Å². The first-order chi connectivity index (χ1) is 7.84. The van der Waals surface area contributed by atoms with Crippen molar-refractivity contribution in [3.63, 3.8) is 0 Å². The summed E-state index contributed by atoms with van der Waals surface area (Å²) in [6, 6.07) is 1.38. The second-order valence-electron chi connectivity index (χ2n) is 4.42. The molecule has 0 spiro atoms. The Kier molecular flexibility index (Phi) is 4.12. The van der Waals surface area contributed by atoms with E-state index < -0.39 is 5.97 Å². The highest BCUT2D eigenvalue weighted by Crippen LogP contribution is 2.31. The molecule has 4 heteroatoms. The van der Waals surface area contributed by atoms with Crippen molar-refractivity contribution in [1.29, 1.82) is 0 Å². The number of carbonyl (C=O) groups is 1. The normalized spacial score (nSPS) is 12.5. The van der Waals surface area contributed by atoms with Crippen molar-refractivity contribution in [1.82, 2.24) is 0 Å². The number of benzene rings is 1. The highest BCUT2D eigenvalue weighted by atomic mass is 16.4. The van der Waals surface area contributed by atoms with E-state index in [0.717, 1.165) is 22.3 Å². The predicted molar refractivity (Wildman–Crippen MR) is 66.1 cm³/mol. The van der Waals surface area contributed by atoms with Crippen LogP contribution in [0.15, 0.2) is 6.07 Å². The monoisotopic (exact) mass is 237 g/mol. The van der Waals surface area contributed by atoms with E-state index in [1.165, 1.54) is 0 Å². The van der Waals surface area contributed by atoms with E-state index in [0.29, 0.717) is 6.42 Å². The minimum absolute atomic E-state index is 0.0555. The highest BCUT2D eigenvalue weighted by molar-refractivity contribution is 5.66. The van der Waals surface area contributed by atoms with Crippen LogP contribution in [0.2, 0.25) is 0 Å². The molecule has 1 aromatic rings. The van der Waals surface area contributed by atoms with Gasteiger partial charge in [-0.25, -0.2) is 0 Å². The summed E-state index contributed by atoms with van der Waals surface area (Å²) in [6.07, 6.45) is 0.460. The summed E-state index contributed by atoms with van der Waals surface area (Å²) >= 11 is 0. The molecular formula is C13H19NO3. The zero-order chi connectivity index (χ0) is 13.2. The molecule has 1 aromatic carbocycles. The third kappa shape index (κ3) is 2.97. The maximum Gasteiger partial charge on any atom is 0.303 e. The van der Waals surface area contributed by atoms with Crippen LogP contribution >= 0.6 is 0 Å². The lowest BCUT2D eigenvalue weighted by Gasteiger charge is -2.19. The molecule has 0 aliphatic rings. The molecule has 17 heavy (non-hydrogen) atoms. The Labute approximate surface area is 101 Å². The number of rotatable bonds is 4. The Morgan fingerprint density at radius 2 is 1.94 bits per heavy atom. The first kappa shape index (κ1) is 13.5. The number of hydrogen-bond acceptors (Lipinski definition) is 3. The van der Waals surface area contributed by atoms with E-state index in [9.17, 15) is 9.90 Å². The molecule has 1 rings (SSSR count). The van der Waals surface area contributed by atoms with Crippen LogP contribution in [-0.2, 0) is 4.79 Å². The Morgan fingerprint density at radius 3 is 2.47 bits per heavy atom. The van der Waals surface area contributed by atoms with Gasteiger partial charge in [-0.15, -0.1) is 0 Å². The molecule has 0 radical (unpaired) electrons. The van der Waals surface area contributed by atoms with Gasteiger partial charge in [-0.1, -0.05) is 0 Å². The Morgan fingerprint density at radius 1 is 1.35 bits per heavy atom. The number of phenols is 1. The molecule has 4 N–H and O–H groups in total. The van der Waals surface area contributed by atoms with Gasteiger partial charge >= 0.3 is 5.97 Å². The van der Waals surface area contributed by atoms with E-state index in [1.807, 2.05) is 20.8 Å². The quantitative estimate of drug-likeness (QED) is 0.749. The second-order valence-corrected chi connectivity index (χ2v) is 4.42. The summed E-state index contributed by atoms with van der Waals surface area (Å²) in [5, 5.41) is 18.3. The van der Waals surface area contributed by atoms with Crippen molar-refractivity contribution in [3.8, 4) is 5.75 Å². The van der Waals surface area contributed by atoms with Gasteiger partial charge in [-0.3, -0.25) is 4.79 Å². The van der Waals surface area contributed by atoms with Gasteiger partial charge in [-0.2, -0.15) is 0 Å². The van der Waals surface area contributed by atoms with Crippen LogP contribution in [0.5, 0.6) is 5.75 Å². The van der Waals surface area contributed by atoms with Crippen molar-refractivity contribution < 1.29 is 15.0 Å². The number of aromatic hydroxyl groups is 1. The van der Waals surface area contributed by atoms with E-state index in [2.05, 4.69) is 0 Å². The molecule has 94 valence electrons. The van der Waals surface area contributed by atoms with Gasteiger partial charge < -0.3 is 15.9 Å². The van der Waals surface area contributed by atoms with Crippen LogP contribution < -0.4 is 5.73 Å². The Hall–Kier alpha value is -1.55. The van der Waals surface area contributed by atoms with Gasteiger partial charge in [0.1, 0.15) is 5.75 Å². The molecule has 1 atom stereocenters. The van der Waals surface area contributed by atoms with Gasteiger partial charge in [-0.05, 0) is 55.5 Å². The minimum Gasteiger partial charge on any atom is -0.508 e.